The Balaban J connectivity index is 1.87. The lowest BCUT2D eigenvalue weighted by Crippen LogP contribution is -2.22. The summed E-state index contributed by atoms with van der Waals surface area (Å²) in [5.41, 5.74) is 3.68. The molecule has 1 heterocycles. The van der Waals surface area contributed by atoms with Crippen LogP contribution in [-0.4, -0.2) is 11.5 Å². The van der Waals surface area contributed by atoms with E-state index in [0.717, 1.165) is 24.2 Å². The zero-order valence-corrected chi connectivity index (χ0v) is 11.4. The van der Waals surface area contributed by atoms with Gasteiger partial charge in [-0.3, -0.25) is 0 Å². The van der Waals surface area contributed by atoms with Crippen LogP contribution in [-0.2, 0) is 6.42 Å². The lowest BCUT2D eigenvalue weighted by atomic mass is 10.1. The summed E-state index contributed by atoms with van der Waals surface area (Å²) in [5, 5.41) is 3.34. The molecule has 0 spiro atoms. The number of hydrogen-bond donors (Lipinski definition) is 1. The van der Waals surface area contributed by atoms with E-state index < -0.39 is 0 Å². The summed E-state index contributed by atoms with van der Waals surface area (Å²) in [6.07, 6.45) is 0.940. The monoisotopic (exact) mass is 264 g/mol. The molecule has 0 aliphatic heterocycles. The molecular formula is C14H17FN2S. The molecule has 2 aromatic rings. The largest absolute Gasteiger partial charge is 0.310 e. The number of aromatic nitrogens is 1. The summed E-state index contributed by atoms with van der Waals surface area (Å²) in [7, 11) is 0. The van der Waals surface area contributed by atoms with Crippen molar-refractivity contribution < 1.29 is 4.39 Å². The number of hydrogen-bond acceptors (Lipinski definition) is 3. The Kier molecular flexibility index (Phi) is 4.44. The standard InChI is InChI=1S/C14H17FN2S/c1-10(12-5-3-4-6-13(12)15)16-8-7-14-11(2)17-9-18-14/h3-6,9-10,16H,7-8H2,1-2H3/t10-/m1/s1. The van der Waals surface area contributed by atoms with Crippen molar-refractivity contribution in [3.63, 3.8) is 0 Å². The van der Waals surface area contributed by atoms with Crippen molar-refractivity contribution in [1.82, 2.24) is 10.3 Å². The minimum atomic E-state index is -0.147. The molecule has 0 aliphatic carbocycles. The van der Waals surface area contributed by atoms with E-state index in [-0.39, 0.29) is 11.9 Å². The average Bonchev–Trinajstić information content (AvgIpc) is 2.75. The van der Waals surface area contributed by atoms with Gasteiger partial charge >= 0.3 is 0 Å². The summed E-state index contributed by atoms with van der Waals surface area (Å²) < 4.78 is 13.6. The predicted octanol–water partition coefficient (Wildman–Crippen LogP) is 3.48. The number of rotatable bonds is 5. The van der Waals surface area contributed by atoms with E-state index in [9.17, 15) is 4.39 Å². The van der Waals surface area contributed by atoms with Crippen molar-refractivity contribution in [1.29, 1.82) is 0 Å². The number of nitrogens with zero attached hydrogens (tertiary/aromatic N) is 1. The van der Waals surface area contributed by atoms with Crippen molar-refractivity contribution in [2.24, 2.45) is 0 Å². The van der Waals surface area contributed by atoms with Gasteiger partial charge in [-0.25, -0.2) is 9.37 Å². The molecule has 2 nitrogen and oxygen atoms in total. The molecule has 0 amide bonds. The fraction of sp³-hybridized carbons (Fsp3) is 0.357. The van der Waals surface area contributed by atoms with Crippen molar-refractivity contribution >= 4 is 11.3 Å². The summed E-state index contributed by atoms with van der Waals surface area (Å²) >= 11 is 1.67. The summed E-state index contributed by atoms with van der Waals surface area (Å²) in [6, 6.07) is 6.93. The smallest absolute Gasteiger partial charge is 0.127 e. The van der Waals surface area contributed by atoms with Crippen molar-refractivity contribution in [2.75, 3.05) is 6.54 Å². The van der Waals surface area contributed by atoms with Crippen LogP contribution in [0.2, 0.25) is 0 Å². The number of aryl methyl sites for hydroxylation is 1. The maximum atomic E-state index is 13.6. The fourth-order valence-electron chi connectivity index (χ4n) is 1.90. The van der Waals surface area contributed by atoms with Crippen LogP contribution in [0.15, 0.2) is 29.8 Å². The van der Waals surface area contributed by atoms with E-state index in [2.05, 4.69) is 10.3 Å². The van der Waals surface area contributed by atoms with Crippen LogP contribution in [0.1, 0.15) is 29.1 Å². The average molecular weight is 264 g/mol. The zero-order valence-electron chi connectivity index (χ0n) is 10.6. The van der Waals surface area contributed by atoms with Gasteiger partial charge in [0.15, 0.2) is 0 Å². The lowest BCUT2D eigenvalue weighted by molar-refractivity contribution is 0.531. The fourth-order valence-corrected chi connectivity index (χ4v) is 2.69. The summed E-state index contributed by atoms with van der Waals surface area (Å²) in [6.45, 7) is 4.84. The Morgan fingerprint density at radius 3 is 2.83 bits per heavy atom. The molecule has 0 saturated carbocycles. The molecule has 96 valence electrons. The van der Waals surface area contributed by atoms with E-state index in [0.29, 0.717) is 0 Å². The summed E-state index contributed by atoms with van der Waals surface area (Å²) in [5.74, 6) is -0.147. The number of benzene rings is 1. The quantitative estimate of drug-likeness (QED) is 0.894. The first kappa shape index (κ1) is 13.2. The van der Waals surface area contributed by atoms with Crippen LogP contribution in [0.3, 0.4) is 0 Å². The SMILES string of the molecule is Cc1ncsc1CCN[C@H](C)c1ccccc1F. The number of thiazole rings is 1. The third kappa shape index (κ3) is 3.15. The van der Waals surface area contributed by atoms with Crippen molar-refractivity contribution in [3.8, 4) is 0 Å². The third-order valence-corrected chi connectivity index (χ3v) is 4.01. The van der Waals surface area contributed by atoms with Gasteiger partial charge in [0.05, 0.1) is 11.2 Å². The maximum absolute atomic E-state index is 13.6. The van der Waals surface area contributed by atoms with Gasteiger partial charge in [0.2, 0.25) is 0 Å². The van der Waals surface area contributed by atoms with Crippen LogP contribution in [0.25, 0.3) is 0 Å². The van der Waals surface area contributed by atoms with Gasteiger partial charge in [-0.1, -0.05) is 18.2 Å². The van der Waals surface area contributed by atoms with E-state index >= 15 is 0 Å². The Hall–Kier alpha value is -1.26. The molecular weight excluding hydrogens is 247 g/mol. The molecule has 4 heteroatoms. The second-order valence-corrected chi connectivity index (χ2v) is 5.25. The zero-order chi connectivity index (χ0) is 13.0. The van der Waals surface area contributed by atoms with Gasteiger partial charge < -0.3 is 5.32 Å². The molecule has 2 rings (SSSR count). The molecule has 0 saturated heterocycles. The first-order valence-electron chi connectivity index (χ1n) is 6.05. The highest BCUT2D eigenvalue weighted by molar-refractivity contribution is 7.09. The molecule has 0 aliphatic rings. The van der Waals surface area contributed by atoms with Gasteiger partial charge in [-0.2, -0.15) is 0 Å². The first-order valence-corrected chi connectivity index (χ1v) is 6.93. The molecule has 18 heavy (non-hydrogen) atoms. The van der Waals surface area contributed by atoms with Crippen LogP contribution in [0, 0.1) is 12.7 Å². The van der Waals surface area contributed by atoms with Crippen LogP contribution in [0.5, 0.6) is 0 Å². The third-order valence-electron chi connectivity index (χ3n) is 3.02. The molecule has 1 atom stereocenters. The maximum Gasteiger partial charge on any atom is 0.127 e. The minimum absolute atomic E-state index is 0.0272. The summed E-state index contributed by atoms with van der Waals surface area (Å²) in [4.78, 5) is 5.51. The van der Waals surface area contributed by atoms with E-state index in [1.807, 2.05) is 31.5 Å². The van der Waals surface area contributed by atoms with E-state index in [1.54, 1.807) is 17.4 Å². The van der Waals surface area contributed by atoms with Gasteiger partial charge in [-0.15, -0.1) is 11.3 Å². The van der Waals surface area contributed by atoms with Gasteiger partial charge in [0, 0.05) is 23.0 Å². The lowest BCUT2D eigenvalue weighted by Gasteiger charge is -2.14. The normalized spacial score (nSPS) is 12.6. The van der Waals surface area contributed by atoms with Crippen LogP contribution < -0.4 is 5.32 Å². The van der Waals surface area contributed by atoms with Crippen molar-refractivity contribution in [2.45, 2.75) is 26.3 Å². The number of nitrogens with one attached hydrogen (secondary N) is 1. The van der Waals surface area contributed by atoms with Crippen molar-refractivity contribution in [3.05, 3.63) is 51.7 Å². The minimum Gasteiger partial charge on any atom is -0.310 e. The number of halogens is 1. The Morgan fingerprint density at radius 2 is 2.17 bits per heavy atom. The van der Waals surface area contributed by atoms with Crippen LogP contribution in [0.4, 0.5) is 4.39 Å². The van der Waals surface area contributed by atoms with Gasteiger partial charge in [-0.05, 0) is 26.3 Å². The highest BCUT2D eigenvalue weighted by atomic mass is 32.1. The second kappa shape index (κ2) is 6.07. The second-order valence-electron chi connectivity index (χ2n) is 4.31. The molecule has 0 bridgehead atoms. The molecule has 0 unspecified atom stereocenters. The topological polar surface area (TPSA) is 24.9 Å². The molecule has 0 fully saturated rings. The van der Waals surface area contributed by atoms with E-state index in [1.165, 1.54) is 10.9 Å². The highest BCUT2D eigenvalue weighted by Crippen LogP contribution is 2.17. The molecule has 0 radical (unpaired) electrons. The first-order chi connectivity index (χ1) is 8.68. The predicted molar refractivity (Wildman–Crippen MR) is 73.4 cm³/mol. The van der Waals surface area contributed by atoms with Gasteiger partial charge in [0.25, 0.3) is 0 Å². The van der Waals surface area contributed by atoms with Gasteiger partial charge in [0.1, 0.15) is 5.82 Å². The van der Waals surface area contributed by atoms with E-state index in [4.69, 9.17) is 0 Å². The molecule has 1 N–H and O–H groups in total. The highest BCUT2D eigenvalue weighted by Gasteiger charge is 2.09. The Bertz CT molecular complexity index is 510. The Morgan fingerprint density at radius 1 is 1.39 bits per heavy atom. The Labute approximate surface area is 111 Å². The molecule has 1 aromatic carbocycles. The molecule has 1 aromatic heterocycles. The van der Waals surface area contributed by atoms with Crippen LogP contribution >= 0.6 is 11.3 Å².